The molecule has 6 rings (SSSR count). The lowest BCUT2D eigenvalue weighted by atomic mass is 10.0. The highest BCUT2D eigenvalue weighted by atomic mass is 19.1. The molecule has 11 heteroatoms. The number of nitrogens with one attached hydrogen (secondary N) is 2. The number of anilines is 2. The molecule has 5 aromatic rings. The summed E-state index contributed by atoms with van der Waals surface area (Å²) in [4.78, 5) is 24.9. The first kappa shape index (κ1) is 24.8. The van der Waals surface area contributed by atoms with Crippen LogP contribution in [0.4, 0.5) is 15.8 Å². The minimum Gasteiger partial charge on any atom is -0.472 e. The Morgan fingerprint density at radius 1 is 1.21 bits per heavy atom. The lowest BCUT2D eigenvalue weighted by molar-refractivity contribution is 0.102. The van der Waals surface area contributed by atoms with Gasteiger partial charge in [0.2, 0.25) is 0 Å². The maximum Gasteiger partial charge on any atom is 0.317 e. The van der Waals surface area contributed by atoms with Crippen molar-refractivity contribution in [2.45, 2.75) is 32.5 Å². The van der Waals surface area contributed by atoms with Crippen molar-refractivity contribution in [3.63, 3.8) is 0 Å². The number of rotatable bonds is 6. The fraction of sp³-hybridized carbons (Fsp3) is 0.286. The normalized spacial score (nSPS) is 17.6. The summed E-state index contributed by atoms with van der Waals surface area (Å²) in [5.74, 6) is -0.932. The molecule has 1 saturated heterocycles. The SMILES string of the molecule is C[C@@H]1CN(c2ccc(C(=O)Nc3cc(F)c4nn(C)cc4c3)c3nc(OCc4ccoc4)ncc23)C[C@H](C)N1. The van der Waals surface area contributed by atoms with Gasteiger partial charge in [-0.3, -0.25) is 9.48 Å². The fourth-order valence-electron chi connectivity index (χ4n) is 5.15. The summed E-state index contributed by atoms with van der Waals surface area (Å²) in [5, 5.41) is 11.8. The molecule has 2 aromatic carbocycles. The van der Waals surface area contributed by atoms with Crippen LogP contribution in [0.3, 0.4) is 0 Å². The third-order valence-corrected chi connectivity index (χ3v) is 6.73. The first-order chi connectivity index (χ1) is 18.8. The fourth-order valence-corrected chi connectivity index (χ4v) is 5.15. The summed E-state index contributed by atoms with van der Waals surface area (Å²) in [6.07, 6.45) is 6.54. The number of hydrogen-bond acceptors (Lipinski definition) is 8. The van der Waals surface area contributed by atoms with Gasteiger partial charge in [0.05, 0.1) is 23.6 Å². The van der Waals surface area contributed by atoms with Gasteiger partial charge in [-0.1, -0.05) is 0 Å². The van der Waals surface area contributed by atoms with Crippen LogP contribution in [0, 0.1) is 5.82 Å². The Labute approximate surface area is 223 Å². The van der Waals surface area contributed by atoms with E-state index in [1.807, 2.05) is 6.07 Å². The van der Waals surface area contributed by atoms with Crippen LogP contribution in [-0.4, -0.2) is 50.8 Å². The van der Waals surface area contributed by atoms with Crippen molar-refractivity contribution in [1.29, 1.82) is 0 Å². The van der Waals surface area contributed by atoms with Crippen molar-refractivity contribution in [3.05, 3.63) is 72.2 Å². The molecule has 39 heavy (non-hydrogen) atoms. The Hall–Kier alpha value is -4.51. The van der Waals surface area contributed by atoms with Crippen molar-refractivity contribution in [2.75, 3.05) is 23.3 Å². The molecule has 1 aliphatic heterocycles. The van der Waals surface area contributed by atoms with Gasteiger partial charge in [0.15, 0.2) is 5.82 Å². The lowest BCUT2D eigenvalue weighted by Gasteiger charge is -2.38. The van der Waals surface area contributed by atoms with E-state index < -0.39 is 11.7 Å². The van der Waals surface area contributed by atoms with Gasteiger partial charge in [-0.2, -0.15) is 10.1 Å². The molecule has 0 bridgehead atoms. The highest BCUT2D eigenvalue weighted by molar-refractivity contribution is 6.14. The van der Waals surface area contributed by atoms with E-state index in [1.54, 1.807) is 50.2 Å². The third-order valence-electron chi connectivity index (χ3n) is 6.73. The average Bonchev–Trinajstić information content (AvgIpc) is 3.55. The van der Waals surface area contributed by atoms with Crippen molar-refractivity contribution >= 4 is 39.1 Å². The van der Waals surface area contributed by atoms with Gasteiger partial charge >= 0.3 is 6.01 Å². The van der Waals surface area contributed by atoms with Crippen LogP contribution in [0.2, 0.25) is 0 Å². The predicted molar refractivity (Wildman–Crippen MR) is 145 cm³/mol. The van der Waals surface area contributed by atoms with E-state index >= 15 is 0 Å². The zero-order valence-electron chi connectivity index (χ0n) is 21.8. The Bertz CT molecular complexity index is 1660. The van der Waals surface area contributed by atoms with E-state index in [0.717, 1.165) is 29.7 Å². The van der Waals surface area contributed by atoms with Crippen LogP contribution >= 0.6 is 0 Å². The van der Waals surface area contributed by atoms with Crippen molar-refractivity contribution in [2.24, 2.45) is 7.05 Å². The number of nitrogens with zero attached hydrogens (tertiary/aromatic N) is 5. The van der Waals surface area contributed by atoms with Crippen LogP contribution in [0.15, 0.2) is 59.7 Å². The van der Waals surface area contributed by atoms with Gasteiger partial charge in [0.25, 0.3) is 5.91 Å². The molecule has 0 unspecified atom stereocenters. The molecule has 200 valence electrons. The number of piperazine rings is 1. The molecule has 2 N–H and O–H groups in total. The largest absolute Gasteiger partial charge is 0.472 e. The van der Waals surface area contributed by atoms with E-state index in [0.29, 0.717) is 34.2 Å². The van der Waals surface area contributed by atoms with E-state index in [2.05, 4.69) is 44.4 Å². The van der Waals surface area contributed by atoms with E-state index in [-0.39, 0.29) is 18.1 Å². The average molecular weight is 530 g/mol. The summed E-state index contributed by atoms with van der Waals surface area (Å²) in [7, 11) is 1.72. The minimum absolute atomic E-state index is 0.139. The topological polar surface area (TPSA) is 110 Å². The Kier molecular flexibility index (Phi) is 6.35. The molecule has 2 atom stereocenters. The number of carbonyl (C=O) groups excluding carboxylic acids is 1. The zero-order valence-corrected chi connectivity index (χ0v) is 21.8. The molecule has 0 saturated carbocycles. The van der Waals surface area contributed by atoms with Gasteiger partial charge in [0, 0.05) is 72.3 Å². The molecule has 3 aromatic heterocycles. The van der Waals surface area contributed by atoms with Crippen LogP contribution in [-0.2, 0) is 13.7 Å². The summed E-state index contributed by atoms with van der Waals surface area (Å²) < 4.78 is 27.1. The Morgan fingerprint density at radius 3 is 2.79 bits per heavy atom. The second-order valence-corrected chi connectivity index (χ2v) is 9.99. The summed E-state index contributed by atoms with van der Waals surface area (Å²) in [5.41, 5.74) is 3.12. The molecule has 10 nitrogen and oxygen atoms in total. The molecule has 1 aliphatic rings. The number of ether oxygens (including phenoxy) is 1. The lowest BCUT2D eigenvalue weighted by Crippen LogP contribution is -2.54. The minimum atomic E-state index is -0.511. The molecular formula is C28H28FN7O3. The molecule has 4 heterocycles. The number of benzene rings is 2. The van der Waals surface area contributed by atoms with Crippen LogP contribution < -0.4 is 20.3 Å². The second-order valence-electron chi connectivity index (χ2n) is 9.99. The van der Waals surface area contributed by atoms with Crippen LogP contribution in [0.5, 0.6) is 6.01 Å². The number of fused-ring (bicyclic) bond motifs is 2. The number of furan rings is 1. The predicted octanol–water partition coefficient (Wildman–Crippen LogP) is 4.27. The van der Waals surface area contributed by atoms with Gasteiger partial charge in [0.1, 0.15) is 12.1 Å². The molecule has 0 aliphatic carbocycles. The van der Waals surface area contributed by atoms with Crippen molar-refractivity contribution < 1.29 is 18.3 Å². The Morgan fingerprint density at radius 2 is 2.03 bits per heavy atom. The quantitative estimate of drug-likeness (QED) is 0.336. The van der Waals surface area contributed by atoms with Crippen molar-refractivity contribution in [1.82, 2.24) is 25.1 Å². The maximum atomic E-state index is 14.7. The van der Waals surface area contributed by atoms with Gasteiger partial charge in [-0.15, -0.1) is 0 Å². The van der Waals surface area contributed by atoms with Gasteiger partial charge < -0.3 is 24.7 Å². The summed E-state index contributed by atoms with van der Waals surface area (Å²) >= 11 is 0. The molecule has 0 spiro atoms. The first-order valence-corrected chi connectivity index (χ1v) is 12.7. The first-order valence-electron chi connectivity index (χ1n) is 12.7. The number of amides is 1. The number of aryl methyl sites for hydroxylation is 1. The van der Waals surface area contributed by atoms with Crippen LogP contribution in [0.25, 0.3) is 21.8 Å². The van der Waals surface area contributed by atoms with Crippen molar-refractivity contribution in [3.8, 4) is 6.01 Å². The monoisotopic (exact) mass is 529 g/mol. The highest BCUT2D eigenvalue weighted by Gasteiger charge is 2.25. The van der Waals surface area contributed by atoms with E-state index in [4.69, 9.17) is 9.15 Å². The molecule has 0 radical (unpaired) electrons. The number of aromatic nitrogens is 4. The number of carbonyl (C=O) groups is 1. The maximum absolute atomic E-state index is 14.7. The molecule has 1 fully saturated rings. The molecule has 1 amide bonds. The number of hydrogen-bond donors (Lipinski definition) is 2. The summed E-state index contributed by atoms with van der Waals surface area (Å²) in [6.45, 7) is 6.11. The standard InChI is InChI=1S/C28H28FN7O3/c1-16-11-36(12-17(2)31-16)24-5-4-21(26-22(24)10-30-28(33-26)39-15-18-6-7-38-14-18)27(37)32-20-8-19-13-35(3)34-25(19)23(29)9-20/h4-10,13-14,16-17,31H,11-12,15H2,1-3H3,(H,32,37)/t16-,17+. The van der Waals surface area contributed by atoms with Gasteiger partial charge in [-0.25, -0.2) is 9.37 Å². The summed E-state index contributed by atoms with van der Waals surface area (Å²) in [6, 6.07) is 9.14. The smallest absolute Gasteiger partial charge is 0.317 e. The molecular weight excluding hydrogens is 501 g/mol. The highest BCUT2D eigenvalue weighted by Crippen LogP contribution is 2.31. The van der Waals surface area contributed by atoms with Gasteiger partial charge in [-0.05, 0) is 44.2 Å². The third kappa shape index (κ3) is 5.00. The zero-order chi connectivity index (χ0) is 27.1. The van der Waals surface area contributed by atoms with E-state index in [1.165, 1.54) is 10.7 Å². The Balaban J connectivity index is 1.38. The number of halogens is 1. The van der Waals surface area contributed by atoms with Crippen LogP contribution in [0.1, 0.15) is 29.8 Å². The van der Waals surface area contributed by atoms with E-state index in [9.17, 15) is 9.18 Å². The second kappa shape index (κ2) is 9.99.